The van der Waals surface area contributed by atoms with Crippen LogP contribution in [0, 0.1) is 6.92 Å². The van der Waals surface area contributed by atoms with Gasteiger partial charge in [-0.15, -0.1) is 0 Å². The van der Waals surface area contributed by atoms with Gasteiger partial charge in [0.2, 0.25) is 0 Å². The number of para-hydroxylation sites is 5. The molecule has 0 N–H and O–H groups in total. The number of nitrogens with zero attached hydrogens (tertiary/aromatic N) is 3. The fourth-order valence-corrected chi connectivity index (χ4v) is 6.57. The van der Waals surface area contributed by atoms with E-state index in [9.17, 15) is 0 Å². The third-order valence-corrected chi connectivity index (χ3v) is 8.26. The van der Waals surface area contributed by atoms with Gasteiger partial charge in [-0.2, -0.15) is 0 Å². The normalized spacial score (nSPS) is 15.0. The van der Waals surface area contributed by atoms with Crippen LogP contribution in [0.5, 0.6) is 0 Å². The van der Waals surface area contributed by atoms with Crippen LogP contribution >= 0.6 is 0 Å². The Morgan fingerprint density at radius 2 is 1.11 bits per heavy atom. The molecule has 7 aromatic rings. The highest BCUT2D eigenvalue weighted by atomic mass is 15.3. The van der Waals surface area contributed by atoms with E-state index < -0.39 is 0 Å². The standard InChI is InChI=1S/C35H27N3/c1-23-12-3-7-18-30(23)36-22-34-26-14-5-4-13-25(26)28-16-11-17-29-27-15-6-8-19-31(27)38(35(28)29)33-21-10-9-20-32(33)37(34)24(36)2/h3-22,24H,1-2H3/t24-/m1/s1. The molecule has 0 radical (unpaired) electrons. The third kappa shape index (κ3) is 2.79. The van der Waals surface area contributed by atoms with E-state index in [1.807, 2.05) is 0 Å². The van der Waals surface area contributed by atoms with Crippen molar-refractivity contribution in [1.29, 1.82) is 0 Å². The maximum absolute atomic E-state index is 2.52. The molecule has 1 atom stereocenters. The van der Waals surface area contributed by atoms with Crippen LogP contribution in [0.15, 0.2) is 115 Å². The molecular weight excluding hydrogens is 462 g/mol. The number of fused-ring (bicyclic) bond motifs is 10. The van der Waals surface area contributed by atoms with Crippen LogP contribution in [0.2, 0.25) is 0 Å². The third-order valence-electron chi connectivity index (χ3n) is 8.26. The number of hydrogen-bond acceptors (Lipinski definition) is 1. The van der Waals surface area contributed by atoms with Gasteiger partial charge >= 0.3 is 0 Å². The van der Waals surface area contributed by atoms with Gasteiger partial charge in [0.05, 0.1) is 27.4 Å². The topological polar surface area (TPSA) is 12.6 Å². The first-order chi connectivity index (χ1) is 18.7. The summed E-state index contributed by atoms with van der Waals surface area (Å²) in [5, 5.41) is 7.54. The molecule has 3 heterocycles. The molecule has 3 heteroatoms. The largest absolute Gasteiger partial charge is 0.325 e. The summed E-state index contributed by atoms with van der Waals surface area (Å²) in [7, 11) is 0. The lowest BCUT2D eigenvalue weighted by Crippen LogP contribution is -2.23. The van der Waals surface area contributed by atoms with E-state index in [2.05, 4.69) is 149 Å². The summed E-state index contributed by atoms with van der Waals surface area (Å²) in [5.74, 6) is 0. The zero-order valence-corrected chi connectivity index (χ0v) is 21.5. The first-order valence-electron chi connectivity index (χ1n) is 13.3. The monoisotopic (exact) mass is 489 g/mol. The van der Waals surface area contributed by atoms with Crippen LogP contribution in [0.4, 0.5) is 5.69 Å². The summed E-state index contributed by atoms with van der Waals surface area (Å²) >= 11 is 0. The Morgan fingerprint density at radius 3 is 1.89 bits per heavy atom. The van der Waals surface area contributed by atoms with Crippen molar-refractivity contribution in [3.63, 3.8) is 0 Å². The van der Waals surface area contributed by atoms with Crippen LogP contribution in [-0.4, -0.2) is 8.97 Å². The van der Waals surface area contributed by atoms with Crippen molar-refractivity contribution in [3.05, 3.63) is 126 Å². The van der Waals surface area contributed by atoms with Gasteiger partial charge in [0.15, 0.2) is 0 Å². The second-order valence-electron chi connectivity index (χ2n) is 10.3. The highest BCUT2D eigenvalue weighted by molar-refractivity contribution is 6.20. The number of anilines is 1. The number of rotatable bonds is 1. The summed E-state index contributed by atoms with van der Waals surface area (Å²) < 4.78 is 5.01. The van der Waals surface area contributed by atoms with Gasteiger partial charge < -0.3 is 13.9 Å². The van der Waals surface area contributed by atoms with Gasteiger partial charge in [-0.25, -0.2) is 0 Å². The second kappa shape index (κ2) is 7.87. The van der Waals surface area contributed by atoms with Gasteiger partial charge in [0.1, 0.15) is 6.17 Å². The number of aromatic nitrogens is 2. The molecule has 182 valence electrons. The predicted molar refractivity (Wildman–Crippen MR) is 161 cm³/mol. The first kappa shape index (κ1) is 21.3. The zero-order chi connectivity index (χ0) is 25.4. The fraction of sp³-hybridized carbons (Fsp3) is 0.0857. The molecule has 1 aliphatic rings. The fourth-order valence-electron chi connectivity index (χ4n) is 6.57. The lowest BCUT2D eigenvalue weighted by molar-refractivity contribution is 0.597. The minimum atomic E-state index is 0.0961. The van der Waals surface area contributed by atoms with Gasteiger partial charge in [-0.1, -0.05) is 91.0 Å². The van der Waals surface area contributed by atoms with Crippen LogP contribution in [-0.2, 0) is 0 Å². The summed E-state index contributed by atoms with van der Waals surface area (Å²) in [5.41, 5.74) is 7.41. The Bertz CT molecular complexity index is 2180. The number of benzene rings is 5. The molecule has 0 amide bonds. The van der Waals surface area contributed by atoms with Crippen molar-refractivity contribution in [2.24, 2.45) is 0 Å². The van der Waals surface area contributed by atoms with Gasteiger partial charge in [-0.3, -0.25) is 0 Å². The molecule has 0 fully saturated rings. The lowest BCUT2D eigenvalue weighted by atomic mass is 10.1. The minimum absolute atomic E-state index is 0.0961. The van der Waals surface area contributed by atoms with E-state index in [0.717, 1.165) is 0 Å². The Morgan fingerprint density at radius 1 is 0.526 bits per heavy atom. The molecule has 2 aromatic heterocycles. The average molecular weight is 490 g/mol. The Balaban J connectivity index is 1.71. The molecule has 0 spiro atoms. The first-order valence-corrected chi connectivity index (χ1v) is 13.3. The quantitative estimate of drug-likeness (QED) is 0.226. The Hall–Kier alpha value is -4.76. The molecule has 0 saturated heterocycles. The maximum atomic E-state index is 2.52. The van der Waals surface area contributed by atoms with Gasteiger partial charge in [0.25, 0.3) is 0 Å². The molecular formula is C35H27N3. The van der Waals surface area contributed by atoms with Crippen LogP contribution in [0.25, 0.3) is 55.2 Å². The smallest absolute Gasteiger partial charge is 0.108 e. The zero-order valence-electron chi connectivity index (χ0n) is 21.5. The minimum Gasteiger partial charge on any atom is -0.325 e. The second-order valence-corrected chi connectivity index (χ2v) is 10.3. The molecule has 38 heavy (non-hydrogen) atoms. The number of aryl methyl sites for hydroxylation is 1. The van der Waals surface area contributed by atoms with Gasteiger partial charge in [-0.05, 0) is 49.1 Å². The molecule has 8 rings (SSSR count). The molecule has 0 aliphatic carbocycles. The van der Waals surface area contributed by atoms with Crippen molar-refractivity contribution in [3.8, 4) is 0 Å². The van der Waals surface area contributed by atoms with E-state index in [0.29, 0.717) is 0 Å². The predicted octanol–water partition coefficient (Wildman–Crippen LogP) is 8.28. The van der Waals surface area contributed by atoms with E-state index in [-0.39, 0.29) is 6.17 Å². The van der Waals surface area contributed by atoms with Crippen molar-refractivity contribution in [2.45, 2.75) is 20.0 Å². The van der Waals surface area contributed by atoms with Gasteiger partial charge in [0, 0.05) is 33.4 Å². The van der Waals surface area contributed by atoms with Crippen molar-refractivity contribution in [2.75, 3.05) is 4.90 Å². The Kier molecular flexibility index (Phi) is 4.42. The molecule has 0 unspecified atom stereocenters. The summed E-state index contributed by atoms with van der Waals surface area (Å²) in [6.45, 7) is 4.51. The summed E-state index contributed by atoms with van der Waals surface area (Å²) in [4.78, 5) is 2.43. The van der Waals surface area contributed by atoms with Crippen LogP contribution in [0.1, 0.15) is 18.7 Å². The van der Waals surface area contributed by atoms with E-state index >= 15 is 0 Å². The van der Waals surface area contributed by atoms with Crippen molar-refractivity contribution < 1.29 is 0 Å². The molecule has 0 saturated carbocycles. The highest BCUT2D eigenvalue weighted by Gasteiger charge is 2.24. The molecule has 0 bridgehead atoms. The van der Waals surface area contributed by atoms with E-state index in [1.54, 1.807) is 0 Å². The average Bonchev–Trinajstić information content (AvgIpc) is 3.49. The SMILES string of the molecule is Cc1ccccc1N1C=c2c3ccccc3c3cccc4c5ccccc5n(c5ccccc5n2[C@@H]1C)c34. The number of hydrogen-bond donors (Lipinski definition) is 0. The van der Waals surface area contributed by atoms with E-state index in [1.165, 1.54) is 65.6 Å². The van der Waals surface area contributed by atoms with E-state index in [4.69, 9.17) is 0 Å². The summed E-state index contributed by atoms with van der Waals surface area (Å²) in [6.07, 6.45) is 2.44. The molecule has 1 aliphatic heterocycles. The van der Waals surface area contributed by atoms with Crippen LogP contribution in [0.3, 0.4) is 0 Å². The van der Waals surface area contributed by atoms with Crippen molar-refractivity contribution >= 4 is 60.9 Å². The Labute approximate surface area is 220 Å². The molecule has 3 nitrogen and oxygen atoms in total. The summed E-state index contributed by atoms with van der Waals surface area (Å²) in [6, 6.07) is 42.0. The van der Waals surface area contributed by atoms with Crippen molar-refractivity contribution in [1.82, 2.24) is 8.97 Å². The molecule has 5 aromatic carbocycles. The van der Waals surface area contributed by atoms with Crippen LogP contribution < -0.4 is 10.2 Å². The lowest BCUT2D eigenvalue weighted by Gasteiger charge is -2.26. The maximum Gasteiger partial charge on any atom is 0.108 e. The highest BCUT2D eigenvalue weighted by Crippen LogP contribution is 2.37.